The van der Waals surface area contributed by atoms with Gasteiger partial charge in [-0.25, -0.2) is 19.6 Å². The number of rotatable bonds is 19. The molecule has 14 heteroatoms. The summed E-state index contributed by atoms with van der Waals surface area (Å²) >= 11 is 1.53. The van der Waals surface area contributed by atoms with E-state index in [2.05, 4.69) is 21.0 Å². The SMILES string of the molecule is CCC(C)C(NC(=O)OC)C(=O)NN(Cc1ccccc1)CC(O)C(Cc1ccccc1)NC(=O)C(C(C)CC)N1CCN(Cc2csc(C)n2)C1=O. The summed E-state index contributed by atoms with van der Waals surface area (Å²) in [6.45, 7) is 11.1. The van der Waals surface area contributed by atoms with Crippen LogP contribution >= 0.6 is 11.3 Å². The molecule has 0 bridgehead atoms. The standard InChI is InChI=1S/C39H55N7O6S/c1-7-26(3)34(42-38(50)52-6)36(48)43-45(22-30-17-13-10-14-18-30)24-33(47)32(21-29-15-11-9-12-16-29)41-37(49)35(27(4)8-2)46-20-19-44(39(46)51)23-31-25-53-28(5)40-31/h9-18,25-27,32-35,47H,7-8,19-24H2,1-6H3,(H,41,49)(H,42,50)(H,43,48). The fraction of sp³-hybridized carbons (Fsp3) is 0.513. The number of aromatic nitrogens is 1. The summed E-state index contributed by atoms with van der Waals surface area (Å²) in [5, 5.41) is 22.2. The lowest BCUT2D eigenvalue weighted by atomic mass is 9.95. The molecule has 53 heavy (non-hydrogen) atoms. The van der Waals surface area contributed by atoms with Crippen molar-refractivity contribution in [2.24, 2.45) is 11.8 Å². The lowest BCUT2D eigenvalue weighted by Gasteiger charge is -2.35. The van der Waals surface area contributed by atoms with Crippen molar-refractivity contribution in [3.05, 3.63) is 87.9 Å². The Morgan fingerprint density at radius 3 is 2.17 bits per heavy atom. The Morgan fingerprint density at radius 2 is 1.58 bits per heavy atom. The van der Waals surface area contributed by atoms with Crippen LogP contribution in [0.25, 0.3) is 0 Å². The van der Waals surface area contributed by atoms with E-state index in [1.165, 1.54) is 18.4 Å². The van der Waals surface area contributed by atoms with Crippen LogP contribution in [-0.4, -0.2) is 99.8 Å². The van der Waals surface area contributed by atoms with E-state index < -0.39 is 36.2 Å². The van der Waals surface area contributed by atoms with E-state index in [0.717, 1.165) is 21.8 Å². The van der Waals surface area contributed by atoms with Crippen LogP contribution in [0.4, 0.5) is 9.59 Å². The summed E-state index contributed by atoms with van der Waals surface area (Å²) in [6, 6.07) is 16.4. The summed E-state index contributed by atoms with van der Waals surface area (Å²) in [5.41, 5.74) is 5.53. The Kier molecular flexibility index (Phi) is 15.6. The number of carbonyl (C=O) groups excluding carboxylic acids is 4. The van der Waals surface area contributed by atoms with Gasteiger partial charge in [-0.15, -0.1) is 11.3 Å². The lowest BCUT2D eigenvalue weighted by Crippen LogP contribution is -2.59. The maximum atomic E-state index is 14.4. The number of carbonyl (C=O) groups is 4. The molecule has 5 amide bonds. The van der Waals surface area contributed by atoms with E-state index in [-0.39, 0.29) is 36.9 Å². The first-order valence-electron chi connectivity index (χ1n) is 18.4. The zero-order valence-electron chi connectivity index (χ0n) is 31.7. The van der Waals surface area contributed by atoms with Crippen molar-refractivity contribution >= 4 is 35.3 Å². The Balaban J connectivity index is 1.58. The number of aliphatic hydroxyl groups excluding tert-OH is 1. The molecular weight excluding hydrogens is 695 g/mol. The van der Waals surface area contributed by atoms with E-state index >= 15 is 0 Å². The van der Waals surface area contributed by atoms with Gasteiger partial charge >= 0.3 is 12.1 Å². The van der Waals surface area contributed by atoms with Crippen LogP contribution in [0.2, 0.25) is 0 Å². The minimum atomic E-state index is -1.16. The van der Waals surface area contributed by atoms with Gasteiger partial charge in [0.1, 0.15) is 12.1 Å². The topological polar surface area (TPSA) is 156 Å². The van der Waals surface area contributed by atoms with Crippen LogP contribution in [0.5, 0.6) is 0 Å². The summed E-state index contributed by atoms with van der Waals surface area (Å²) in [6.07, 6.45) is -0.299. The molecule has 3 aromatic rings. The molecule has 1 fully saturated rings. The van der Waals surface area contributed by atoms with Crippen molar-refractivity contribution < 1.29 is 29.0 Å². The van der Waals surface area contributed by atoms with Crippen LogP contribution in [0.15, 0.2) is 66.0 Å². The molecule has 1 aliphatic heterocycles. The van der Waals surface area contributed by atoms with Gasteiger partial charge in [0.15, 0.2) is 0 Å². The predicted octanol–water partition coefficient (Wildman–Crippen LogP) is 4.50. The van der Waals surface area contributed by atoms with Gasteiger partial charge in [0.25, 0.3) is 5.91 Å². The van der Waals surface area contributed by atoms with E-state index in [9.17, 15) is 24.3 Å². The average Bonchev–Trinajstić information content (AvgIpc) is 3.74. The maximum absolute atomic E-state index is 14.4. The first kappa shape index (κ1) is 41.2. The molecule has 1 saturated heterocycles. The van der Waals surface area contributed by atoms with Gasteiger partial charge in [-0.1, -0.05) is 101 Å². The second kappa shape index (κ2) is 20.1. The highest BCUT2D eigenvalue weighted by Gasteiger charge is 2.41. The Morgan fingerprint density at radius 1 is 0.943 bits per heavy atom. The minimum Gasteiger partial charge on any atom is -0.453 e. The first-order valence-corrected chi connectivity index (χ1v) is 19.2. The first-order chi connectivity index (χ1) is 25.4. The summed E-state index contributed by atoms with van der Waals surface area (Å²) in [5.74, 6) is -1.19. The van der Waals surface area contributed by atoms with E-state index in [4.69, 9.17) is 4.74 Å². The van der Waals surface area contributed by atoms with Crippen molar-refractivity contribution in [3.63, 3.8) is 0 Å². The normalized spacial score (nSPS) is 16.4. The molecule has 0 aliphatic carbocycles. The molecule has 2 aromatic carbocycles. The zero-order valence-corrected chi connectivity index (χ0v) is 32.5. The summed E-state index contributed by atoms with van der Waals surface area (Å²) in [4.78, 5) is 61.9. The molecule has 13 nitrogen and oxygen atoms in total. The quantitative estimate of drug-likeness (QED) is 0.131. The van der Waals surface area contributed by atoms with Gasteiger partial charge in [0.05, 0.1) is 36.5 Å². The molecule has 4 rings (SSSR count). The van der Waals surface area contributed by atoms with Crippen LogP contribution < -0.4 is 16.1 Å². The molecule has 6 unspecified atom stereocenters. The number of hydrazine groups is 1. The highest BCUT2D eigenvalue weighted by atomic mass is 32.1. The fourth-order valence-corrected chi connectivity index (χ4v) is 7.06. The molecule has 0 saturated carbocycles. The lowest BCUT2D eigenvalue weighted by molar-refractivity contribution is -0.132. The van der Waals surface area contributed by atoms with Gasteiger partial charge in [-0.3, -0.25) is 15.0 Å². The third-order valence-corrected chi connectivity index (χ3v) is 10.7. The van der Waals surface area contributed by atoms with E-state index in [1.807, 2.05) is 101 Å². The second-order valence-corrected chi connectivity index (χ2v) is 14.9. The van der Waals surface area contributed by atoms with Gasteiger partial charge < -0.3 is 30.3 Å². The molecule has 0 spiro atoms. The van der Waals surface area contributed by atoms with Crippen molar-refractivity contribution in [3.8, 4) is 0 Å². The number of alkyl carbamates (subject to hydrolysis) is 1. The maximum Gasteiger partial charge on any atom is 0.407 e. The van der Waals surface area contributed by atoms with Crippen molar-refractivity contribution in [2.45, 2.75) is 91.2 Å². The Hall–Kier alpha value is -4.53. The number of hydrogen-bond donors (Lipinski definition) is 4. The van der Waals surface area contributed by atoms with Gasteiger partial charge in [-0.05, 0) is 36.3 Å². The van der Waals surface area contributed by atoms with Gasteiger partial charge in [0.2, 0.25) is 5.91 Å². The zero-order chi connectivity index (χ0) is 38.5. The third kappa shape index (κ3) is 11.7. The number of thiazole rings is 1. The largest absolute Gasteiger partial charge is 0.453 e. The highest BCUT2D eigenvalue weighted by molar-refractivity contribution is 7.09. The van der Waals surface area contributed by atoms with E-state index in [1.54, 1.807) is 14.8 Å². The number of amides is 5. The number of ether oxygens (including phenoxy) is 1. The van der Waals surface area contributed by atoms with Crippen LogP contribution in [-0.2, 0) is 33.8 Å². The van der Waals surface area contributed by atoms with Gasteiger partial charge in [-0.2, -0.15) is 0 Å². The number of aliphatic hydroxyl groups is 1. The van der Waals surface area contributed by atoms with Crippen molar-refractivity contribution in [1.82, 2.24) is 35.9 Å². The van der Waals surface area contributed by atoms with Crippen molar-refractivity contribution in [2.75, 3.05) is 26.7 Å². The van der Waals surface area contributed by atoms with Crippen LogP contribution in [0.1, 0.15) is 62.4 Å². The molecule has 1 aliphatic rings. The highest BCUT2D eigenvalue weighted by Crippen LogP contribution is 2.23. The van der Waals surface area contributed by atoms with Gasteiger partial charge in [0, 0.05) is 31.6 Å². The molecule has 0 radical (unpaired) electrons. The van der Waals surface area contributed by atoms with Crippen LogP contribution in [0, 0.1) is 18.8 Å². The molecule has 6 atom stereocenters. The number of urea groups is 1. The van der Waals surface area contributed by atoms with E-state index in [0.29, 0.717) is 38.9 Å². The monoisotopic (exact) mass is 749 g/mol. The Bertz CT molecular complexity index is 1630. The fourth-order valence-electron chi connectivity index (χ4n) is 6.45. The number of methoxy groups -OCH3 is 1. The number of nitrogens with zero attached hydrogens (tertiary/aromatic N) is 4. The number of benzene rings is 2. The predicted molar refractivity (Wildman–Crippen MR) is 204 cm³/mol. The molecule has 2 heterocycles. The molecule has 1 aromatic heterocycles. The number of aryl methyl sites for hydroxylation is 1. The number of nitrogens with one attached hydrogen (secondary N) is 3. The van der Waals surface area contributed by atoms with Crippen LogP contribution in [0.3, 0.4) is 0 Å². The molecular formula is C39H55N7O6S. The third-order valence-electron chi connectivity index (χ3n) is 9.87. The molecule has 4 N–H and O–H groups in total. The van der Waals surface area contributed by atoms with Crippen molar-refractivity contribution in [1.29, 1.82) is 0 Å². The minimum absolute atomic E-state index is 0.0542. The smallest absolute Gasteiger partial charge is 0.407 e. The Labute approximate surface area is 317 Å². The second-order valence-electron chi connectivity index (χ2n) is 13.8. The summed E-state index contributed by atoms with van der Waals surface area (Å²) in [7, 11) is 1.24. The summed E-state index contributed by atoms with van der Waals surface area (Å²) < 4.78 is 4.78. The average molecular weight is 750 g/mol. The number of hydrogen-bond acceptors (Lipinski definition) is 9. The molecule has 288 valence electrons.